The van der Waals surface area contributed by atoms with Gasteiger partial charge >= 0.3 is 0 Å². The van der Waals surface area contributed by atoms with E-state index >= 15 is 4.57 Å². The Bertz CT molecular complexity index is 3410. The molecule has 0 aliphatic heterocycles. The standard InChI is InChI=1S/C55H36N5O2P/c61-63(42-20-9-3-10-21-42,43-22-11-4-12-23-43)44-34-32-38(33-35-44)47-36-48(57-52(56-47)39-16-5-1-6-17-39)55-59-53(40-18-7-2-8-19-40)58-54(60-55)41-30-28-37(29-31-41)45-25-15-27-50-51(45)46-24-13-14-26-49(46)62-50/h1-36H. The van der Waals surface area contributed by atoms with Crippen LogP contribution >= 0.6 is 7.14 Å². The second-order valence-corrected chi connectivity index (χ2v) is 17.9. The highest BCUT2D eigenvalue weighted by Crippen LogP contribution is 2.43. The van der Waals surface area contributed by atoms with Gasteiger partial charge in [-0.25, -0.2) is 24.9 Å². The molecule has 3 heterocycles. The second-order valence-electron chi connectivity index (χ2n) is 15.2. The molecule has 0 bridgehead atoms. The first-order chi connectivity index (χ1) is 31.1. The fourth-order valence-electron chi connectivity index (χ4n) is 8.14. The highest BCUT2D eigenvalue weighted by atomic mass is 31.2. The third-order valence-corrected chi connectivity index (χ3v) is 14.4. The Balaban J connectivity index is 1.03. The van der Waals surface area contributed by atoms with Gasteiger partial charge in [0, 0.05) is 48.9 Å². The zero-order chi connectivity index (χ0) is 42.2. The predicted molar refractivity (Wildman–Crippen MR) is 255 cm³/mol. The van der Waals surface area contributed by atoms with E-state index in [2.05, 4.69) is 36.4 Å². The molecule has 7 nitrogen and oxygen atoms in total. The first-order valence-electron chi connectivity index (χ1n) is 20.7. The first kappa shape index (κ1) is 37.8. The minimum Gasteiger partial charge on any atom is -0.456 e. The summed E-state index contributed by atoms with van der Waals surface area (Å²) in [5.41, 5.74) is 8.43. The van der Waals surface area contributed by atoms with E-state index in [9.17, 15) is 0 Å². The van der Waals surface area contributed by atoms with Crippen LogP contribution in [0.3, 0.4) is 0 Å². The quantitative estimate of drug-likeness (QED) is 0.134. The largest absolute Gasteiger partial charge is 0.456 e. The van der Waals surface area contributed by atoms with E-state index in [-0.39, 0.29) is 0 Å². The van der Waals surface area contributed by atoms with Crippen LogP contribution in [-0.2, 0) is 4.57 Å². The molecule has 0 saturated carbocycles. The van der Waals surface area contributed by atoms with Gasteiger partial charge in [0.2, 0.25) is 0 Å². The number of fused-ring (bicyclic) bond motifs is 3. The maximum absolute atomic E-state index is 15.2. The SMILES string of the molecule is O=P(c1ccccc1)(c1ccccc1)c1ccc(-c2cc(-c3nc(-c4ccccc4)nc(-c4ccc(-c5cccc6oc7ccccc7c56)cc4)n3)nc(-c3ccccc3)n2)cc1. The van der Waals surface area contributed by atoms with Gasteiger partial charge in [-0.1, -0.05) is 200 Å². The van der Waals surface area contributed by atoms with Crippen molar-refractivity contribution in [3.63, 3.8) is 0 Å². The lowest BCUT2D eigenvalue weighted by Gasteiger charge is -2.20. The fraction of sp³-hybridized carbons (Fsp3) is 0. The van der Waals surface area contributed by atoms with Crippen molar-refractivity contribution >= 4 is 45.0 Å². The number of para-hydroxylation sites is 1. The minimum atomic E-state index is -3.18. The molecule has 0 saturated heterocycles. The first-order valence-corrected chi connectivity index (χ1v) is 22.4. The van der Waals surface area contributed by atoms with Crippen LogP contribution in [0.15, 0.2) is 223 Å². The maximum Gasteiger partial charge on any atom is 0.182 e. The van der Waals surface area contributed by atoms with Crippen molar-refractivity contribution < 1.29 is 8.98 Å². The Labute approximate surface area is 363 Å². The van der Waals surface area contributed by atoms with Crippen molar-refractivity contribution in [2.75, 3.05) is 0 Å². The molecule has 63 heavy (non-hydrogen) atoms. The van der Waals surface area contributed by atoms with Crippen molar-refractivity contribution in [2.24, 2.45) is 0 Å². The Morgan fingerprint density at radius 1 is 0.333 bits per heavy atom. The molecule has 0 fully saturated rings. The minimum absolute atomic E-state index is 0.410. The Morgan fingerprint density at radius 2 is 0.778 bits per heavy atom. The molecule has 0 aliphatic carbocycles. The Morgan fingerprint density at radius 3 is 1.40 bits per heavy atom. The number of nitrogens with zero attached hydrogens (tertiary/aromatic N) is 5. The molecule has 0 aliphatic rings. The molecule has 0 radical (unpaired) electrons. The average molecular weight is 830 g/mol. The van der Waals surface area contributed by atoms with Crippen LogP contribution < -0.4 is 15.9 Å². The number of hydrogen-bond acceptors (Lipinski definition) is 7. The highest BCUT2D eigenvalue weighted by Gasteiger charge is 2.29. The average Bonchev–Trinajstić information content (AvgIpc) is 3.76. The van der Waals surface area contributed by atoms with E-state index in [1.165, 1.54) is 0 Å². The summed E-state index contributed by atoms with van der Waals surface area (Å²) in [5.74, 6) is 1.98. The molecular formula is C55H36N5O2P. The summed E-state index contributed by atoms with van der Waals surface area (Å²) in [7, 11) is -3.18. The van der Waals surface area contributed by atoms with E-state index in [1.54, 1.807) is 0 Å². The van der Waals surface area contributed by atoms with Crippen molar-refractivity contribution in [1.82, 2.24) is 24.9 Å². The highest BCUT2D eigenvalue weighted by molar-refractivity contribution is 7.85. The van der Waals surface area contributed by atoms with Gasteiger partial charge in [-0.3, -0.25) is 0 Å². The van der Waals surface area contributed by atoms with Gasteiger partial charge in [0.1, 0.15) is 16.9 Å². The molecule has 298 valence electrons. The van der Waals surface area contributed by atoms with Crippen LogP contribution in [0, 0.1) is 0 Å². The number of hydrogen-bond donors (Lipinski definition) is 0. The molecule has 3 aromatic heterocycles. The normalized spacial score (nSPS) is 11.6. The molecule has 11 rings (SSSR count). The summed E-state index contributed by atoms with van der Waals surface area (Å²) in [4.78, 5) is 25.3. The number of furan rings is 1. The summed E-state index contributed by atoms with van der Waals surface area (Å²) in [5, 5.41) is 4.45. The van der Waals surface area contributed by atoms with Gasteiger partial charge in [0.15, 0.2) is 30.4 Å². The Hall–Kier alpha value is -8.12. The summed E-state index contributed by atoms with van der Waals surface area (Å²) < 4.78 is 21.4. The zero-order valence-corrected chi connectivity index (χ0v) is 34.7. The van der Waals surface area contributed by atoms with Crippen molar-refractivity contribution in [1.29, 1.82) is 0 Å². The van der Waals surface area contributed by atoms with Gasteiger partial charge in [0.25, 0.3) is 0 Å². The van der Waals surface area contributed by atoms with Crippen molar-refractivity contribution in [3.05, 3.63) is 218 Å². The molecule has 0 N–H and O–H groups in total. The van der Waals surface area contributed by atoms with E-state index in [1.807, 2.05) is 182 Å². The number of benzene rings is 8. The van der Waals surface area contributed by atoms with Crippen molar-refractivity contribution in [3.8, 4) is 68.1 Å². The zero-order valence-electron chi connectivity index (χ0n) is 33.8. The summed E-state index contributed by atoms with van der Waals surface area (Å²) >= 11 is 0. The molecule has 0 amide bonds. The topological polar surface area (TPSA) is 94.7 Å². The molecular weight excluding hydrogens is 794 g/mol. The lowest BCUT2D eigenvalue weighted by Crippen LogP contribution is -2.24. The van der Waals surface area contributed by atoms with Crippen LogP contribution in [0.2, 0.25) is 0 Å². The molecule has 11 aromatic rings. The van der Waals surface area contributed by atoms with Crippen LogP contribution in [-0.4, -0.2) is 24.9 Å². The van der Waals surface area contributed by atoms with Gasteiger partial charge < -0.3 is 8.98 Å². The predicted octanol–water partition coefficient (Wildman–Crippen LogP) is 12.2. The lowest BCUT2D eigenvalue weighted by molar-refractivity contribution is 0.592. The molecule has 0 spiro atoms. The third-order valence-electron chi connectivity index (χ3n) is 11.3. The van der Waals surface area contributed by atoms with Gasteiger partial charge in [-0.05, 0) is 29.3 Å². The summed E-state index contributed by atoms with van der Waals surface area (Å²) in [6, 6.07) is 71.6. The monoisotopic (exact) mass is 829 g/mol. The van der Waals surface area contributed by atoms with Gasteiger partial charge in [0.05, 0.1) is 5.69 Å². The van der Waals surface area contributed by atoms with Crippen LogP contribution in [0.5, 0.6) is 0 Å². The van der Waals surface area contributed by atoms with Crippen LogP contribution in [0.25, 0.3) is 90.0 Å². The maximum atomic E-state index is 15.2. The molecule has 8 heteroatoms. The van der Waals surface area contributed by atoms with Crippen molar-refractivity contribution in [2.45, 2.75) is 0 Å². The van der Waals surface area contributed by atoms with E-state index in [0.29, 0.717) is 34.7 Å². The van der Waals surface area contributed by atoms with Crippen LogP contribution in [0.4, 0.5) is 0 Å². The molecule has 8 aromatic carbocycles. The number of aromatic nitrogens is 5. The Kier molecular flexibility index (Phi) is 9.64. The van der Waals surface area contributed by atoms with E-state index < -0.39 is 7.14 Å². The number of rotatable bonds is 9. The summed E-state index contributed by atoms with van der Waals surface area (Å²) in [6.07, 6.45) is 0. The van der Waals surface area contributed by atoms with Crippen LogP contribution in [0.1, 0.15) is 0 Å². The second kappa shape index (κ2) is 16.1. The van der Waals surface area contributed by atoms with E-state index in [0.717, 1.165) is 71.2 Å². The van der Waals surface area contributed by atoms with E-state index in [4.69, 9.17) is 29.3 Å². The molecule has 0 unspecified atom stereocenters. The third kappa shape index (κ3) is 7.10. The molecule has 0 atom stereocenters. The fourth-order valence-corrected chi connectivity index (χ4v) is 10.8. The smallest absolute Gasteiger partial charge is 0.182 e. The van der Waals surface area contributed by atoms with Gasteiger partial charge in [-0.2, -0.15) is 0 Å². The van der Waals surface area contributed by atoms with Gasteiger partial charge in [-0.15, -0.1) is 0 Å². The summed E-state index contributed by atoms with van der Waals surface area (Å²) in [6.45, 7) is 0. The lowest BCUT2D eigenvalue weighted by atomic mass is 9.98.